The molecule has 0 heterocycles. The van der Waals surface area contributed by atoms with Gasteiger partial charge in [-0.2, -0.15) is 13.2 Å². The highest BCUT2D eigenvalue weighted by atomic mass is 19.4. The molecule has 132 valence electrons. The zero-order valence-electron chi connectivity index (χ0n) is 14.3. The Hall–Kier alpha value is -1.92. The van der Waals surface area contributed by atoms with E-state index in [4.69, 9.17) is 0 Å². The molecule has 0 aliphatic rings. The van der Waals surface area contributed by atoms with Crippen LogP contribution in [0, 0.1) is 0 Å². The first-order valence-electron chi connectivity index (χ1n) is 7.64. The van der Waals surface area contributed by atoms with Crippen molar-refractivity contribution in [1.82, 2.24) is 0 Å². The SMILES string of the molecule is CC.CCCN(CC)c1ccc(C(F)(F)F)cc1NC(=O)OC. The number of alkyl halides is 3. The largest absolute Gasteiger partial charge is 0.453 e. The van der Waals surface area contributed by atoms with E-state index in [1.54, 1.807) is 0 Å². The van der Waals surface area contributed by atoms with Crippen molar-refractivity contribution in [2.75, 3.05) is 30.4 Å². The Morgan fingerprint density at radius 2 is 1.87 bits per heavy atom. The third kappa shape index (κ3) is 6.38. The molecular weight excluding hydrogens is 309 g/mol. The van der Waals surface area contributed by atoms with Gasteiger partial charge in [-0.3, -0.25) is 5.32 Å². The average molecular weight is 334 g/mol. The van der Waals surface area contributed by atoms with Gasteiger partial charge in [0.15, 0.2) is 0 Å². The number of rotatable bonds is 5. The van der Waals surface area contributed by atoms with Crippen LogP contribution in [-0.4, -0.2) is 26.3 Å². The highest BCUT2D eigenvalue weighted by Crippen LogP contribution is 2.35. The van der Waals surface area contributed by atoms with Crippen molar-refractivity contribution in [2.45, 2.75) is 40.3 Å². The average Bonchev–Trinajstić information content (AvgIpc) is 2.53. The Bertz CT molecular complexity index is 491. The maximum atomic E-state index is 12.8. The van der Waals surface area contributed by atoms with E-state index in [1.165, 1.54) is 6.07 Å². The van der Waals surface area contributed by atoms with Crippen LogP contribution in [0.25, 0.3) is 0 Å². The summed E-state index contributed by atoms with van der Waals surface area (Å²) in [4.78, 5) is 13.2. The number of hydrogen-bond donors (Lipinski definition) is 1. The van der Waals surface area contributed by atoms with Crippen LogP contribution in [0.1, 0.15) is 39.7 Å². The number of anilines is 2. The van der Waals surface area contributed by atoms with Gasteiger partial charge < -0.3 is 9.64 Å². The molecule has 1 amide bonds. The molecule has 0 atom stereocenters. The molecule has 0 spiro atoms. The second kappa shape index (κ2) is 9.97. The number of amides is 1. The lowest BCUT2D eigenvalue weighted by Crippen LogP contribution is -2.25. The van der Waals surface area contributed by atoms with Gasteiger partial charge in [0.2, 0.25) is 0 Å². The van der Waals surface area contributed by atoms with Gasteiger partial charge in [-0.15, -0.1) is 0 Å². The summed E-state index contributed by atoms with van der Waals surface area (Å²) in [5.74, 6) is 0. The van der Waals surface area contributed by atoms with Gasteiger partial charge >= 0.3 is 12.3 Å². The minimum atomic E-state index is -4.47. The normalized spacial score (nSPS) is 10.4. The standard InChI is InChI=1S/C14H19F3N2O2.C2H6/c1-4-8-19(5-2)12-7-6-10(14(15,16)17)9-11(12)18-13(20)21-3;1-2/h6-7,9H,4-5,8H2,1-3H3,(H,18,20);1-2H3. The maximum absolute atomic E-state index is 12.8. The Kier molecular flexibility index (Phi) is 9.14. The topological polar surface area (TPSA) is 41.6 Å². The van der Waals surface area contributed by atoms with E-state index in [0.717, 1.165) is 25.7 Å². The fourth-order valence-electron chi connectivity index (χ4n) is 1.97. The summed E-state index contributed by atoms with van der Waals surface area (Å²) in [6.07, 6.45) is -4.43. The number of ether oxygens (including phenoxy) is 1. The predicted octanol–water partition coefficient (Wildman–Crippen LogP) is 5.15. The summed E-state index contributed by atoms with van der Waals surface area (Å²) >= 11 is 0. The van der Waals surface area contributed by atoms with Crippen molar-refractivity contribution in [1.29, 1.82) is 0 Å². The molecule has 0 saturated heterocycles. The summed E-state index contributed by atoms with van der Waals surface area (Å²) in [7, 11) is 1.16. The van der Waals surface area contributed by atoms with E-state index in [2.05, 4.69) is 10.1 Å². The lowest BCUT2D eigenvalue weighted by molar-refractivity contribution is -0.137. The molecule has 0 unspecified atom stereocenters. The van der Waals surface area contributed by atoms with Crippen molar-refractivity contribution in [3.8, 4) is 0 Å². The quantitative estimate of drug-likeness (QED) is 0.810. The Labute approximate surface area is 135 Å². The van der Waals surface area contributed by atoms with Crippen molar-refractivity contribution >= 4 is 17.5 Å². The van der Waals surface area contributed by atoms with Crippen LogP contribution in [-0.2, 0) is 10.9 Å². The zero-order valence-corrected chi connectivity index (χ0v) is 14.3. The van der Waals surface area contributed by atoms with E-state index in [0.29, 0.717) is 18.8 Å². The molecule has 0 saturated carbocycles. The molecular formula is C16H25F3N2O2. The molecule has 0 bridgehead atoms. The lowest BCUT2D eigenvalue weighted by atomic mass is 10.1. The lowest BCUT2D eigenvalue weighted by Gasteiger charge is -2.26. The highest BCUT2D eigenvalue weighted by molar-refractivity contribution is 5.90. The summed E-state index contributed by atoms with van der Waals surface area (Å²) in [5, 5.41) is 2.34. The number of nitrogens with zero attached hydrogens (tertiary/aromatic N) is 1. The molecule has 23 heavy (non-hydrogen) atoms. The Morgan fingerprint density at radius 3 is 2.30 bits per heavy atom. The van der Waals surface area contributed by atoms with E-state index in [1.807, 2.05) is 32.6 Å². The van der Waals surface area contributed by atoms with Gasteiger partial charge in [0, 0.05) is 13.1 Å². The smallest absolute Gasteiger partial charge is 0.416 e. The first-order chi connectivity index (χ1) is 10.8. The molecule has 0 radical (unpaired) electrons. The number of hydrogen-bond acceptors (Lipinski definition) is 3. The van der Waals surface area contributed by atoms with Crippen molar-refractivity contribution in [3.63, 3.8) is 0 Å². The molecule has 0 fully saturated rings. The number of carbonyl (C=O) groups excluding carboxylic acids is 1. The molecule has 1 aromatic rings. The number of methoxy groups -OCH3 is 1. The minimum absolute atomic E-state index is 0.0898. The van der Waals surface area contributed by atoms with Gasteiger partial charge in [-0.1, -0.05) is 20.8 Å². The second-order valence-electron chi connectivity index (χ2n) is 4.43. The zero-order chi connectivity index (χ0) is 18.0. The summed E-state index contributed by atoms with van der Waals surface area (Å²) in [6, 6.07) is 3.30. The Balaban J connectivity index is 0.00000232. The fourth-order valence-corrected chi connectivity index (χ4v) is 1.97. The van der Waals surface area contributed by atoms with Crippen molar-refractivity contribution < 1.29 is 22.7 Å². The van der Waals surface area contributed by atoms with Gasteiger partial charge in [0.05, 0.1) is 24.0 Å². The molecule has 0 aromatic heterocycles. The molecule has 1 aromatic carbocycles. The minimum Gasteiger partial charge on any atom is -0.453 e. The third-order valence-electron chi connectivity index (χ3n) is 2.96. The number of halogens is 3. The summed E-state index contributed by atoms with van der Waals surface area (Å²) in [6.45, 7) is 9.17. The number of benzene rings is 1. The van der Waals surface area contributed by atoms with Crippen LogP contribution in [0.15, 0.2) is 18.2 Å². The van der Waals surface area contributed by atoms with Crippen LogP contribution in [0.4, 0.5) is 29.3 Å². The Morgan fingerprint density at radius 1 is 1.26 bits per heavy atom. The van der Waals surface area contributed by atoms with Crippen LogP contribution < -0.4 is 10.2 Å². The van der Waals surface area contributed by atoms with E-state index in [-0.39, 0.29) is 5.69 Å². The highest BCUT2D eigenvalue weighted by Gasteiger charge is 2.31. The molecule has 0 aliphatic heterocycles. The van der Waals surface area contributed by atoms with Gasteiger partial charge in [0.1, 0.15) is 0 Å². The monoisotopic (exact) mass is 334 g/mol. The predicted molar refractivity (Wildman–Crippen MR) is 87.0 cm³/mol. The first-order valence-corrected chi connectivity index (χ1v) is 7.64. The summed E-state index contributed by atoms with van der Waals surface area (Å²) < 4.78 is 42.8. The van der Waals surface area contributed by atoms with Crippen LogP contribution in [0.2, 0.25) is 0 Å². The van der Waals surface area contributed by atoms with Crippen molar-refractivity contribution in [3.05, 3.63) is 23.8 Å². The van der Waals surface area contributed by atoms with E-state index in [9.17, 15) is 18.0 Å². The fraction of sp³-hybridized carbons (Fsp3) is 0.562. The van der Waals surface area contributed by atoms with E-state index < -0.39 is 17.8 Å². The van der Waals surface area contributed by atoms with E-state index >= 15 is 0 Å². The van der Waals surface area contributed by atoms with Crippen molar-refractivity contribution in [2.24, 2.45) is 0 Å². The molecule has 1 rings (SSSR count). The third-order valence-corrected chi connectivity index (χ3v) is 2.96. The number of carbonyl (C=O) groups is 1. The first kappa shape index (κ1) is 21.1. The molecule has 0 aliphatic carbocycles. The van der Waals surface area contributed by atoms with Crippen LogP contribution in [0.3, 0.4) is 0 Å². The van der Waals surface area contributed by atoms with Gasteiger partial charge in [0.25, 0.3) is 0 Å². The van der Waals surface area contributed by atoms with Crippen LogP contribution >= 0.6 is 0 Å². The maximum Gasteiger partial charge on any atom is 0.416 e. The number of nitrogens with one attached hydrogen (secondary N) is 1. The molecule has 1 N–H and O–H groups in total. The van der Waals surface area contributed by atoms with Gasteiger partial charge in [-0.25, -0.2) is 4.79 Å². The van der Waals surface area contributed by atoms with Gasteiger partial charge in [-0.05, 0) is 31.5 Å². The summed E-state index contributed by atoms with van der Waals surface area (Å²) in [5.41, 5.74) is -0.185. The second-order valence-corrected chi connectivity index (χ2v) is 4.43. The van der Waals surface area contributed by atoms with Crippen LogP contribution in [0.5, 0.6) is 0 Å². The molecule has 7 heteroatoms. The molecule has 4 nitrogen and oxygen atoms in total.